The maximum atomic E-state index is 9.42. The minimum atomic E-state index is 0.665. The molecular weight excluding hydrogens is 1400 g/mol. The van der Waals surface area contributed by atoms with Crippen molar-refractivity contribution < 1.29 is 18.5 Å². The molecule has 4 nitrogen and oxygen atoms in total. The van der Waals surface area contributed by atoms with E-state index in [9.17, 15) is 5.02 Å². The van der Waals surface area contributed by atoms with Crippen LogP contribution in [0.5, 0.6) is 5.75 Å². The topological polar surface area (TPSA) is 55.7 Å². The van der Waals surface area contributed by atoms with Crippen LogP contribution in [0.3, 0.4) is 0 Å². The fourth-order valence-electron chi connectivity index (χ4n) is 16.8. The Labute approximate surface area is 644 Å². The predicted molar refractivity (Wildman–Crippen MR) is 468 cm³/mol. The van der Waals surface area contributed by atoms with E-state index in [1.807, 2.05) is 42.5 Å². The zero-order chi connectivity index (χ0) is 73.2. The van der Waals surface area contributed by atoms with Crippen LogP contribution in [0.25, 0.3) is 208 Å². The molecule has 0 aliphatic heterocycles. The van der Waals surface area contributed by atoms with Crippen LogP contribution in [0, 0.1) is 0 Å². The van der Waals surface area contributed by atoms with Crippen molar-refractivity contribution >= 4 is 154 Å². The van der Waals surface area contributed by atoms with Crippen LogP contribution in [0.2, 0.25) is 0 Å². The normalized spacial score (nSPS) is 11.5. The first kappa shape index (κ1) is 65.9. The molecule has 20 aromatic carbocycles. The Balaban J connectivity index is 0.000000118. The Morgan fingerprint density at radius 3 is 0.882 bits per heavy atom. The van der Waals surface area contributed by atoms with Gasteiger partial charge in [-0.3, -0.25) is 0 Å². The van der Waals surface area contributed by atoms with Gasteiger partial charge in [0, 0.05) is 36.8 Å². The van der Waals surface area contributed by atoms with Crippen LogP contribution >= 0.6 is 15.9 Å². The first-order valence-electron chi connectivity index (χ1n) is 37.1. The van der Waals surface area contributed by atoms with Gasteiger partial charge in [0.1, 0.15) is 28.1 Å². The number of hydrogen-bond acceptors (Lipinski definition) is 4. The predicted octanol–water partition coefficient (Wildman–Crippen LogP) is 29.4. The molecule has 22 aromatic rings. The third-order valence-electron chi connectivity index (χ3n) is 21.8. The summed E-state index contributed by atoms with van der Waals surface area (Å²) in [4.78, 5) is 0. The second-order valence-corrected chi connectivity index (χ2v) is 29.1. The van der Waals surface area contributed by atoms with Gasteiger partial charge in [0.2, 0.25) is 0 Å². The molecule has 0 atom stereocenters. The molecule has 515 valence electrons. The number of benzene rings is 20. The summed E-state index contributed by atoms with van der Waals surface area (Å²) in [5, 5.41) is 33.1. The summed E-state index contributed by atoms with van der Waals surface area (Å²) in [6.07, 6.45) is 0. The van der Waals surface area contributed by atoms with Gasteiger partial charge >= 0.3 is 7.69 Å². The van der Waals surface area contributed by atoms with Crippen LogP contribution in [-0.4, -0.2) is 12.7 Å². The van der Waals surface area contributed by atoms with Crippen molar-refractivity contribution in [1.82, 2.24) is 0 Å². The zero-order valence-electron chi connectivity index (χ0n) is 59.6. The highest BCUT2D eigenvalue weighted by molar-refractivity contribution is 9.10. The van der Waals surface area contributed by atoms with Crippen LogP contribution in [0.4, 0.5) is 0 Å². The SMILES string of the molecule is Brc1cccc(-c2ccc3oc4ccc5ccccc5c4c3c2)c1.O[B]Oc1c2ccccc2c(-c2cccc(-c3ccc4ccccc4c3)c2)c2ccccc12.c1cc(-c2ccc3ccccc3c2)cc(-c2c3ccccc3c(-c3cccc(-c4ccc5oc6ccc7ccccc7c6c5c4)c3)c3ccccc23)c1. The quantitative estimate of drug-likeness (QED) is 0.116. The molecular formula is C104H65BBrO4. The van der Waals surface area contributed by atoms with Crippen LogP contribution in [0.1, 0.15) is 0 Å². The highest BCUT2D eigenvalue weighted by atomic mass is 79.9. The third kappa shape index (κ3) is 11.9. The first-order valence-corrected chi connectivity index (χ1v) is 37.9. The largest absolute Gasteiger partial charge is 0.569 e. The summed E-state index contributed by atoms with van der Waals surface area (Å²) in [7, 11) is 0.758. The first-order chi connectivity index (χ1) is 54.4. The second kappa shape index (κ2) is 27.9. The van der Waals surface area contributed by atoms with Crippen LogP contribution in [-0.2, 0) is 0 Å². The van der Waals surface area contributed by atoms with E-state index in [2.05, 4.69) is 362 Å². The number of rotatable bonds is 9. The number of furan rings is 2. The lowest BCUT2D eigenvalue weighted by Crippen LogP contribution is -2.02. The third-order valence-corrected chi connectivity index (χ3v) is 22.3. The highest BCUT2D eigenvalue weighted by Crippen LogP contribution is 2.48. The second-order valence-electron chi connectivity index (χ2n) is 28.2. The van der Waals surface area contributed by atoms with Crippen LogP contribution in [0.15, 0.2) is 402 Å². The van der Waals surface area contributed by atoms with Crippen molar-refractivity contribution in [2.24, 2.45) is 0 Å². The average Bonchev–Trinajstić information content (AvgIpc) is 1.14. The van der Waals surface area contributed by atoms with Crippen molar-refractivity contribution in [2.45, 2.75) is 0 Å². The van der Waals surface area contributed by atoms with Crippen LogP contribution < -0.4 is 4.65 Å². The fourth-order valence-corrected chi connectivity index (χ4v) is 17.2. The van der Waals surface area contributed by atoms with Gasteiger partial charge in [-0.1, -0.05) is 325 Å². The molecule has 6 heteroatoms. The summed E-state index contributed by atoms with van der Waals surface area (Å²) in [6.45, 7) is 0. The lowest BCUT2D eigenvalue weighted by molar-refractivity contribution is 0.459. The number of fused-ring (bicyclic) bond motifs is 16. The van der Waals surface area contributed by atoms with E-state index >= 15 is 0 Å². The van der Waals surface area contributed by atoms with Gasteiger partial charge < -0.3 is 18.5 Å². The van der Waals surface area contributed by atoms with Crippen molar-refractivity contribution in [3.63, 3.8) is 0 Å². The molecule has 0 amide bonds. The maximum absolute atomic E-state index is 9.42. The molecule has 0 saturated carbocycles. The van der Waals surface area contributed by atoms with Gasteiger partial charge in [0.05, 0.1) is 0 Å². The fraction of sp³-hybridized carbons (Fsp3) is 0. The summed E-state index contributed by atoms with van der Waals surface area (Å²) < 4.78 is 19.1. The maximum Gasteiger partial charge on any atom is 0.569 e. The Hall–Kier alpha value is -13.6. The van der Waals surface area contributed by atoms with E-state index in [-0.39, 0.29) is 0 Å². The molecule has 0 saturated heterocycles. The van der Waals surface area contributed by atoms with Crippen molar-refractivity contribution in [3.05, 3.63) is 393 Å². The van der Waals surface area contributed by atoms with Gasteiger partial charge in [-0.25, -0.2) is 0 Å². The standard InChI is InChI=1S/C52H32O.C30H20BO2.C22H13BrO/c1-2-13-35-29-38(24-23-33(35)11-1)36-14-9-16-40(30-36)50-43-19-5-7-21-45(43)51(46-22-8-6-20-44(46)50)41-17-10-15-37(31-41)39-26-27-48-47(32-39)52-42-18-4-3-12-34(42)25-28-49(52)53-48;32-31-33-30-27-14-5-3-12-25(27)29(26-13-4-6-15-28(26)30)24-11-7-10-22(19-24)23-17-16-20-8-1-2-9-21(20)18-23;23-17-6-3-5-15(12-17)16-9-10-20-19(13-16)22-18-7-2-1-4-14(18)8-11-21(22)24-20/h1-32H;1-19,32H;1-13H. The van der Waals surface area contributed by atoms with E-state index in [1.165, 1.54) is 148 Å². The molecule has 0 aliphatic rings. The molecule has 110 heavy (non-hydrogen) atoms. The molecule has 0 bridgehead atoms. The molecule has 0 unspecified atom stereocenters. The molecule has 22 rings (SSSR count). The summed E-state index contributed by atoms with van der Waals surface area (Å²) in [5.41, 5.74) is 20.5. The summed E-state index contributed by atoms with van der Waals surface area (Å²) in [6, 6.07) is 138. The Kier molecular flexibility index (Phi) is 16.7. The van der Waals surface area contributed by atoms with E-state index in [1.54, 1.807) is 0 Å². The Morgan fingerprint density at radius 2 is 0.491 bits per heavy atom. The van der Waals surface area contributed by atoms with Gasteiger partial charge in [0.15, 0.2) is 0 Å². The Bertz CT molecular complexity index is 7300. The van der Waals surface area contributed by atoms with E-state index in [0.717, 1.165) is 72.5 Å². The van der Waals surface area contributed by atoms with Gasteiger partial charge in [-0.15, -0.1) is 0 Å². The highest BCUT2D eigenvalue weighted by Gasteiger charge is 2.21. The molecule has 1 radical (unpaired) electrons. The molecule has 0 spiro atoms. The monoisotopic (exact) mass is 1470 g/mol. The van der Waals surface area contributed by atoms with Gasteiger partial charge in [-0.05, 0) is 232 Å². The minimum absolute atomic E-state index is 0.665. The van der Waals surface area contributed by atoms with Gasteiger partial charge in [0.25, 0.3) is 0 Å². The van der Waals surface area contributed by atoms with Gasteiger partial charge in [-0.2, -0.15) is 0 Å². The average molecular weight is 1470 g/mol. The number of halogens is 1. The number of hydrogen-bond donors (Lipinski definition) is 1. The minimum Gasteiger partial charge on any atom is -0.537 e. The van der Waals surface area contributed by atoms with Crippen molar-refractivity contribution in [2.75, 3.05) is 0 Å². The van der Waals surface area contributed by atoms with Crippen molar-refractivity contribution in [3.8, 4) is 83.6 Å². The summed E-state index contributed by atoms with van der Waals surface area (Å²) >= 11 is 3.56. The van der Waals surface area contributed by atoms with E-state index < -0.39 is 0 Å². The van der Waals surface area contributed by atoms with Crippen molar-refractivity contribution in [1.29, 1.82) is 0 Å². The lowest BCUT2D eigenvalue weighted by Gasteiger charge is -2.18. The molecule has 0 fully saturated rings. The molecule has 0 aliphatic carbocycles. The Morgan fingerprint density at radius 1 is 0.209 bits per heavy atom. The van der Waals surface area contributed by atoms with E-state index in [4.69, 9.17) is 13.5 Å². The van der Waals surface area contributed by atoms with E-state index in [0.29, 0.717) is 5.75 Å². The zero-order valence-corrected chi connectivity index (χ0v) is 61.2. The molecule has 2 heterocycles. The smallest absolute Gasteiger partial charge is 0.537 e. The lowest BCUT2D eigenvalue weighted by atomic mass is 9.85. The molecule has 2 aromatic heterocycles. The summed E-state index contributed by atoms with van der Waals surface area (Å²) in [5.74, 6) is 0.665. The molecule has 1 N–H and O–H groups in total.